The molecule has 0 aliphatic rings. The first kappa shape index (κ1) is 17.5. The maximum Gasteiger partial charge on any atom is 0.319 e. The number of anilines is 1. The molecule has 0 radical (unpaired) electrons. The number of rotatable bonds is 5. The van der Waals surface area contributed by atoms with Crippen LogP contribution in [-0.2, 0) is 14.9 Å². The molecule has 0 heterocycles. The van der Waals surface area contributed by atoms with Crippen LogP contribution in [0.1, 0.15) is 31.9 Å². The molecule has 1 rings (SSSR count). The van der Waals surface area contributed by atoms with Crippen LogP contribution in [0.2, 0.25) is 0 Å². The number of carbonyl (C=O) groups is 1. The van der Waals surface area contributed by atoms with Crippen LogP contribution in [-0.4, -0.2) is 33.1 Å². The molecule has 0 saturated carbocycles. The standard InChI is InChI=1S/C16H26N2O3/c1-11-8-7-9-12(16(2,3)4)14(11)18-15(19)17-10-13(20-5)21-6/h7-9,13H,10H2,1-6H3,(H2,17,18,19). The van der Waals surface area contributed by atoms with Crippen molar-refractivity contribution in [1.82, 2.24) is 5.32 Å². The Balaban J connectivity index is 2.81. The molecule has 118 valence electrons. The van der Waals surface area contributed by atoms with Gasteiger partial charge in [0, 0.05) is 19.9 Å². The van der Waals surface area contributed by atoms with Crippen molar-refractivity contribution < 1.29 is 14.3 Å². The molecule has 0 fully saturated rings. The van der Waals surface area contributed by atoms with E-state index in [4.69, 9.17) is 9.47 Å². The average molecular weight is 294 g/mol. The molecule has 1 aromatic carbocycles. The number of methoxy groups -OCH3 is 2. The first-order valence-electron chi connectivity index (χ1n) is 7.00. The van der Waals surface area contributed by atoms with Gasteiger partial charge in [-0.3, -0.25) is 0 Å². The molecule has 0 spiro atoms. The highest BCUT2D eigenvalue weighted by Gasteiger charge is 2.20. The number of hydrogen-bond acceptors (Lipinski definition) is 3. The number of nitrogens with one attached hydrogen (secondary N) is 2. The largest absolute Gasteiger partial charge is 0.354 e. The maximum absolute atomic E-state index is 12.0. The average Bonchev–Trinajstić information content (AvgIpc) is 2.41. The molecule has 0 aliphatic carbocycles. The molecule has 5 nitrogen and oxygen atoms in total. The molecule has 2 N–H and O–H groups in total. The van der Waals surface area contributed by atoms with Crippen molar-refractivity contribution in [2.45, 2.75) is 39.4 Å². The lowest BCUT2D eigenvalue weighted by molar-refractivity contribution is -0.0970. The number of carbonyl (C=O) groups excluding carboxylic acids is 1. The van der Waals surface area contributed by atoms with E-state index in [9.17, 15) is 4.79 Å². The Kier molecular flexibility index (Phi) is 6.18. The number of aryl methyl sites for hydroxylation is 1. The van der Waals surface area contributed by atoms with Crippen LogP contribution in [0.4, 0.5) is 10.5 Å². The van der Waals surface area contributed by atoms with Crippen molar-refractivity contribution in [2.24, 2.45) is 0 Å². The van der Waals surface area contributed by atoms with Gasteiger partial charge in [-0.15, -0.1) is 0 Å². The van der Waals surface area contributed by atoms with Gasteiger partial charge < -0.3 is 20.1 Å². The Hall–Kier alpha value is -1.59. The molecule has 0 aromatic heterocycles. The summed E-state index contributed by atoms with van der Waals surface area (Å²) in [5, 5.41) is 5.67. The molecule has 0 saturated heterocycles. The fourth-order valence-corrected chi connectivity index (χ4v) is 2.06. The summed E-state index contributed by atoms with van der Waals surface area (Å²) in [6, 6.07) is 5.76. The maximum atomic E-state index is 12.0. The molecule has 0 aliphatic heterocycles. The zero-order valence-electron chi connectivity index (χ0n) is 13.7. The normalized spacial score (nSPS) is 11.6. The number of benzene rings is 1. The van der Waals surface area contributed by atoms with Gasteiger partial charge in [0.15, 0.2) is 6.29 Å². The lowest BCUT2D eigenvalue weighted by atomic mass is 9.84. The summed E-state index contributed by atoms with van der Waals surface area (Å²) in [5.41, 5.74) is 2.95. The second kappa shape index (κ2) is 7.43. The van der Waals surface area contributed by atoms with E-state index in [-0.39, 0.29) is 18.0 Å². The predicted octanol–water partition coefficient (Wildman–Crippen LogP) is 3.03. The van der Waals surface area contributed by atoms with Crippen LogP contribution in [0.5, 0.6) is 0 Å². The number of amides is 2. The van der Waals surface area contributed by atoms with E-state index in [0.717, 1.165) is 16.8 Å². The van der Waals surface area contributed by atoms with Crippen LogP contribution < -0.4 is 10.6 Å². The van der Waals surface area contributed by atoms with Gasteiger partial charge >= 0.3 is 6.03 Å². The molecule has 5 heteroatoms. The molecule has 0 atom stereocenters. The van der Waals surface area contributed by atoms with Gasteiger partial charge in [0.05, 0.1) is 6.54 Å². The minimum Gasteiger partial charge on any atom is -0.354 e. The first-order chi connectivity index (χ1) is 9.79. The van der Waals surface area contributed by atoms with Gasteiger partial charge in [-0.1, -0.05) is 39.0 Å². The van der Waals surface area contributed by atoms with Crippen molar-refractivity contribution in [2.75, 3.05) is 26.1 Å². The molecule has 0 bridgehead atoms. The van der Waals surface area contributed by atoms with Crippen molar-refractivity contribution in [3.8, 4) is 0 Å². The first-order valence-corrected chi connectivity index (χ1v) is 7.00. The quantitative estimate of drug-likeness (QED) is 0.821. The highest BCUT2D eigenvalue weighted by molar-refractivity contribution is 5.91. The summed E-state index contributed by atoms with van der Waals surface area (Å²) in [4.78, 5) is 12.0. The minimum absolute atomic E-state index is 0.0454. The summed E-state index contributed by atoms with van der Waals surface area (Å²) in [6.07, 6.45) is -0.449. The van der Waals surface area contributed by atoms with E-state index in [1.807, 2.05) is 25.1 Å². The number of hydrogen-bond donors (Lipinski definition) is 2. The fourth-order valence-electron chi connectivity index (χ4n) is 2.06. The van der Waals surface area contributed by atoms with Gasteiger partial charge in [0.2, 0.25) is 0 Å². The minimum atomic E-state index is -0.449. The molecule has 21 heavy (non-hydrogen) atoms. The summed E-state index contributed by atoms with van der Waals surface area (Å²) in [6.45, 7) is 8.64. The Morgan fingerprint density at radius 1 is 1.24 bits per heavy atom. The topological polar surface area (TPSA) is 59.6 Å². The molecule has 2 amide bonds. The Bertz CT molecular complexity index is 477. The van der Waals surface area contributed by atoms with E-state index >= 15 is 0 Å². The number of urea groups is 1. The summed E-state index contributed by atoms with van der Waals surface area (Å²) >= 11 is 0. The van der Waals surface area contributed by atoms with Crippen molar-refractivity contribution >= 4 is 11.7 Å². The Morgan fingerprint density at radius 3 is 2.38 bits per heavy atom. The van der Waals surface area contributed by atoms with Crippen LogP contribution in [0.3, 0.4) is 0 Å². The van der Waals surface area contributed by atoms with Crippen LogP contribution in [0.15, 0.2) is 18.2 Å². The van der Waals surface area contributed by atoms with E-state index in [2.05, 4.69) is 31.4 Å². The number of ether oxygens (including phenoxy) is 2. The van der Waals surface area contributed by atoms with E-state index < -0.39 is 6.29 Å². The van der Waals surface area contributed by atoms with E-state index in [1.165, 1.54) is 14.2 Å². The highest BCUT2D eigenvalue weighted by Crippen LogP contribution is 2.31. The molecule has 0 unspecified atom stereocenters. The second-order valence-electron chi connectivity index (χ2n) is 5.98. The zero-order chi connectivity index (χ0) is 16.0. The van der Waals surface area contributed by atoms with Crippen LogP contribution in [0.25, 0.3) is 0 Å². The monoisotopic (exact) mass is 294 g/mol. The van der Waals surface area contributed by atoms with Crippen LogP contribution >= 0.6 is 0 Å². The van der Waals surface area contributed by atoms with Crippen molar-refractivity contribution in [3.05, 3.63) is 29.3 Å². The fraction of sp³-hybridized carbons (Fsp3) is 0.562. The van der Waals surface area contributed by atoms with Gasteiger partial charge in [0.1, 0.15) is 0 Å². The number of para-hydroxylation sites is 1. The van der Waals surface area contributed by atoms with Crippen LogP contribution in [0, 0.1) is 6.92 Å². The molecular weight excluding hydrogens is 268 g/mol. The third-order valence-corrected chi connectivity index (χ3v) is 3.27. The third-order valence-electron chi connectivity index (χ3n) is 3.27. The summed E-state index contributed by atoms with van der Waals surface area (Å²) in [7, 11) is 3.07. The SMILES string of the molecule is COC(CNC(=O)Nc1c(C)cccc1C(C)(C)C)OC. The predicted molar refractivity (Wildman–Crippen MR) is 84.7 cm³/mol. The smallest absolute Gasteiger partial charge is 0.319 e. The second-order valence-corrected chi connectivity index (χ2v) is 5.98. The van der Waals surface area contributed by atoms with Gasteiger partial charge in [-0.05, 0) is 23.5 Å². The van der Waals surface area contributed by atoms with E-state index in [0.29, 0.717) is 0 Å². The van der Waals surface area contributed by atoms with Gasteiger partial charge in [-0.25, -0.2) is 4.79 Å². The Morgan fingerprint density at radius 2 is 1.86 bits per heavy atom. The third kappa shape index (κ3) is 5.02. The van der Waals surface area contributed by atoms with Gasteiger partial charge in [0.25, 0.3) is 0 Å². The van der Waals surface area contributed by atoms with Crippen molar-refractivity contribution in [3.63, 3.8) is 0 Å². The van der Waals surface area contributed by atoms with E-state index in [1.54, 1.807) is 0 Å². The van der Waals surface area contributed by atoms with Gasteiger partial charge in [-0.2, -0.15) is 0 Å². The highest BCUT2D eigenvalue weighted by atomic mass is 16.7. The zero-order valence-corrected chi connectivity index (χ0v) is 13.7. The summed E-state index contributed by atoms with van der Waals surface area (Å²) in [5.74, 6) is 0. The lowest BCUT2D eigenvalue weighted by Gasteiger charge is -2.24. The molecule has 1 aromatic rings. The van der Waals surface area contributed by atoms with Crippen molar-refractivity contribution in [1.29, 1.82) is 0 Å². The molecular formula is C16H26N2O3. The lowest BCUT2D eigenvalue weighted by Crippen LogP contribution is -2.37. The Labute approximate surface area is 127 Å². The summed E-state index contributed by atoms with van der Waals surface area (Å²) < 4.78 is 10.1.